The number of aromatic nitrogens is 3. The van der Waals surface area contributed by atoms with E-state index in [0.29, 0.717) is 0 Å². The van der Waals surface area contributed by atoms with Gasteiger partial charge in [-0.3, -0.25) is 4.90 Å². The Morgan fingerprint density at radius 3 is 2.58 bits per heavy atom. The number of fused-ring (bicyclic) bond motifs is 1. The third-order valence-electron chi connectivity index (χ3n) is 4.72. The first-order valence-electron chi connectivity index (χ1n) is 8.94. The molecule has 5 nitrogen and oxygen atoms in total. The van der Waals surface area contributed by atoms with Crippen molar-refractivity contribution < 1.29 is 0 Å². The van der Waals surface area contributed by atoms with E-state index in [1.54, 1.807) is 0 Å². The zero-order valence-electron chi connectivity index (χ0n) is 15.3. The lowest BCUT2D eigenvalue weighted by Crippen LogP contribution is -2.31. The molecule has 26 heavy (non-hydrogen) atoms. The molecule has 132 valence electrons. The van der Waals surface area contributed by atoms with Crippen LogP contribution in [0, 0.1) is 0 Å². The summed E-state index contributed by atoms with van der Waals surface area (Å²) in [5.41, 5.74) is 4.72. The highest BCUT2D eigenvalue weighted by molar-refractivity contribution is 5.54. The Bertz CT molecular complexity index is 875. The van der Waals surface area contributed by atoms with Crippen molar-refractivity contribution in [1.82, 2.24) is 19.9 Å². The maximum absolute atomic E-state index is 4.80. The Morgan fingerprint density at radius 1 is 1.00 bits per heavy atom. The summed E-state index contributed by atoms with van der Waals surface area (Å²) < 4.78 is 0. The van der Waals surface area contributed by atoms with E-state index in [0.717, 1.165) is 43.3 Å². The molecular formula is C21H23N5. The fourth-order valence-corrected chi connectivity index (χ4v) is 3.27. The van der Waals surface area contributed by atoms with Crippen molar-refractivity contribution >= 4 is 5.82 Å². The van der Waals surface area contributed by atoms with Gasteiger partial charge in [-0.2, -0.15) is 0 Å². The van der Waals surface area contributed by atoms with Crippen molar-refractivity contribution in [1.29, 1.82) is 0 Å². The van der Waals surface area contributed by atoms with Gasteiger partial charge in [0.1, 0.15) is 5.82 Å². The van der Waals surface area contributed by atoms with Gasteiger partial charge in [-0.25, -0.2) is 15.0 Å². The first-order valence-corrected chi connectivity index (χ1v) is 8.94. The molecule has 5 heteroatoms. The van der Waals surface area contributed by atoms with Crippen LogP contribution in [0.4, 0.5) is 5.82 Å². The van der Waals surface area contributed by atoms with Crippen molar-refractivity contribution in [3.05, 3.63) is 71.7 Å². The Kier molecular flexibility index (Phi) is 4.63. The molecule has 0 saturated carbocycles. The van der Waals surface area contributed by atoms with Gasteiger partial charge in [-0.1, -0.05) is 36.4 Å². The summed E-state index contributed by atoms with van der Waals surface area (Å²) in [5, 5.41) is 0. The number of rotatable bonds is 4. The van der Waals surface area contributed by atoms with Gasteiger partial charge >= 0.3 is 0 Å². The Labute approximate surface area is 154 Å². The van der Waals surface area contributed by atoms with Crippen LogP contribution in [0.15, 0.2) is 54.9 Å². The molecule has 3 heterocycles. The van der Waals surface area contributed by atoms with Gasteiger partial charge in [0.05, 0.1) is 5.69 Å². The second-order valence-electron chi connectivity index (χ2n) is 6.91. The number of pyridine rings is 1. The van der Waals surface area contributed by atoms with Crippen LogP contribution in [0.2, 0.25) is 0 Å². The summed E-state index contributed by atoms with van der Waals surface area (Å²) in [5.74, 6) is 1.81. The second kappa shape index (κ2) is 7.22. The first-order chi connectivity index (χ1) is 12.7. The fraction of sp³-hybridized carbons (Fsp3) is 0.286. The van der Waals surface area contributed by atoms with E-state index >= 15 is 0 Å². The number of hydrogen-bond donors (Lipinski definition) is 0. The predicted octanol–water partition coefficient (Wildman–Crippen LogP) is 3.16. The van der Waals surface area contributed by atoms with Gasteiger partial charge in [0.2, 0.25) is 0 Å². The van der Waals surface area contributed by atoms with E-state index in [1.807, 2.05) is 49.6 Å². The van der Waals surface area contributed by atoms with Gasteiger partial charge in [0.25, 0.3) is 0 Å². The van der Waals surface area contributed by atoms with Gasteiger partial charge in [-0.15, -0.1) is 0 Å². The van der Waals surface area contributed by atoms with Crippen LogP contribution in [0.1, 0.15) is 16.8 Å². The lowest BCUT2D eigenvalue weighted by Gasteiger charge is -2.28. The second-order valence-corrected chi connectivity index (χ2v) is 6.91. The quantitative estimate of drug-likeness (QED) is 0.727. The third kappa shape index (κ3) is 3.58. The van der Waals surface area contributed by atoms with Crippen LogP contribution in [0.3, 0.4) is 0 Å². The molecule has 0 amide bonds. The molecule has 0 saturated heterocycles. The molecule has 0 spiro atoms. The van der Waals surface area contributed by atoms with Crippen molar-refractivity contribution in [3.63, 3.8) is 0 Å². The number of anilines is 1. The van der Waals surface area contributed by atoms with E-state index in [4.69, 9.17) is 4.98 Å². The molecule has 0 radical (unpaired) electrons. The van der Waals surface area contributed by atoms with Crippen LogP contribution in [-0.2, 0) is 19.5 Å². The van der Waals surface area contributed by atoms with Crippen LogP contribution in [0.5, 0.6) is 0 Å². The summed E-state index contributed by atoms with van der Waals surface area (Å²) >= 11 is 0. The monoisotopic (exact) mass is 345 g/mol. The Balaban J connectivity index is 1.46. The molecule has 0 atom stereocenters. The summed E-state index contributed by atoms with van der Waals surface area (Å²) in [4.78, 5) is 18.3. The maximum atomic E-state index is 4.80. The molecule has 0 bridgehead atoms. The van der Waals surface area contributed by atoms with Gasteiger partial charge in [0, 0.05) is 63.7 Å². The summed E-state index contributed by atoms with van der Waals surface area (Å²) in [6.07, 6.45) is 4.92. The summed E-state index contributed by atoms with van der Waals surface area (Å²) in [6.45, 7) is 2.80. The topological polar surface area (TPSA) is 45.2 Å². The van der Waals surface area contributed by atoms with Crippen molar-refractivity contribution in [2.24, 2.45) is 0 Å². The minimum absolute atomic E-state index is 0.821. The zero-order chi connectivity index (χ0) is 17.9. The average molecular weight is 345 g/mol. The van der Waals surface area contributed by atoms with E-state index < -0.39 is 0 Å². The summed E-state index contributed by atoms with van der Waals surface area (Å²) in [7, 11) is 4.01. The smallest absolute Gasteiger partial charge is 0.159 e. The normalized spacial score (nSPS) is 14.1. The van der Waals surface area contributed by atoms with Gasteiger partial charge in [-0.05, 0) is 11.6 Å². The highest BCUT2D eigenvalue weighted by Crippen LogP contribution is 2.22. The van der Waals surface area contributed by atoms with E-state index in [9.17, 15) is 0 Å². The van der Waals surface area contributed by atoms with E-state index in [1.165, 1.54) is 16.8 Å². The molecular weight excluding hydrogens is 322 g/mol. The zero-order valence-corrected chi connectivity index (χ0v) is 15.3. The van der Waals surface area contributed by atoms with Crippen LogP contribution in [0.25, 0.3) is 11.4 Å². The molecule has 1 aliphatic heterocycles. The number of hydrogen-bond acceptors (Lipinski definition) is 5. The highest BCUT2D eigenvalue weighted by Gasteiger charge is 2.19. The van der Waals surface area contributed by atoms with Crippen LogP contribution in [-0.4, -0.2) is 40.5 Å². The largest absolute Gasteiger partial charge is 0.363 e. The number of benzene rings is 1. The lowest BCUT2D eigenvalue weighted by atomic mass is 10.1. The predicted molar refractivity (Wildman–Crippen MR) is 104 cm³/mol. The minimum atomic E-state index is 0.821. The molecule has 2 aromatic heterocycles. The molecule has 4 rings (SSSR count). The Hall–Kier alpha value is -2.79. The molecule has 0 aliphatic carbocycles. The van der Waals surface area contributed by atoms with E-state index in [2.05, 4.69) is 39.1 Å². The SMILES string of the molecule is CN(C)c1ccc(CN2CCc3nc(-c4ccccc4)ncc3C2)cn1. The van der Waals surface area contributed by atoms with Crippen molar-refractivity contribution in [2.75, 3.05) is 25.5 Å². The van der Waals surface area contributed by atoms with Gasteiger partial charge in [0.15, 0.2) is 5.82 Å². The molecule has 0 unspecified atom stereocenters. The van der Waals surface area contributed by atoms with Crippen LogP contribution < -0.4 is 4.90 Å². The molecule has 3 aromatic rings. The van der Waals surface area contributed by atoms with Crippen molar-refractivity contribution in [2.45, 2.75) is 19.5 Å². The first kappa shape index (κ1) is 16.7. The molecule has 0 fully saturated rings. The average Bonchev–Trinajstić information content (AvgIpc) is 2.69. The lowest BCUT2D eigenvalue weighted by molar-refractivity contribution is 0.242. The standard InChI is InChI=1S/C21H23N5/c1-25(2)20-9-8-16(12-22-20)14-26-11-10-19-18(15-26)13-23-21(24-19)17-6-4-3-5-7-17/h3-9,12-13H,10-11,14-15H2,1-2H3. The summed E-state index contributed by atoms with van der Waals surface area (Å²) in [6, 6.07) is 14.4. The molecule has 1 aromatic carbocycles. The van der Waals surface area contributed by atoms with Crippen LogP contribution >= 0.6 is 0 Å². The van der Waals surface area contributed by atoms with Gasteiger partial charge < -0.3 is 4.90 Å². The maximum Gasteiger partial charge on any atom is 0.159 e. The molecule has 1 aliphatic rings. The van der Waals surface area contributed by atoms with E-state index in [-0.39, 0.29) is 0 Å². The molecule has 0 N–H and O–H groups in total. The fourth-order valence-electron chi connectivity index (χ4n) is 3.27. The minimum Gasteiger partial charge on any atom is -0.363 e. The Morgan fingerprint density at radius 2 is 1.85 bits per heavy atom. The van der Waals surface area contributed by atoms with Crippen molar-refractivity contribution in [3.8, 4) is 11.4 Å². The third-order valence-corrected chi connectivity index (χ3v) is 4.72. The highest BCUT2D eigenvalue weighted by atomic mass is 15.1. The number of nitrogens with zero attached hydrogens (tertiary/aromatic N) is 5.